The molecule has 2 rings (SSSR count). The van der Waals surface area contributed by atoms with E-state index in [1.54, 1.807) is 6.92 Å². The summed E-state index contributed by atoms with van der Waals surface area (Å²) >= 11 is 0. The maximum atomic E-state index is 11.1. The van der Waals surface area contributed by atoms with Gasteiger partial charge in [-0.3, -0.25) is 0 Å². The summed E-state index contributed by atoms with van der Waals surface area (Å²) < 4.78 is 10.1. The molecule has 0 spiro atoms. The lowest BCUT2D eigenvalue weighted by Gasteiger charge is -2.25. The molecule has 1 aliphatic rings. The summed E-state index contributed by atoms with van der Waals surface area (Å²) in [6.45, 7) is 1.58. The molecule has 0 bridgehead atoms. The normalized spacial score (nSPS) is 27.6. The van der Waals surface area contributed by atoms with Crippen molar-refractivity contribution in [2.75, 3.05) is 6.61 Å². The number of carbonyl (C=O) groups excluding carboxylic acids is 1. The van der Waals surface area contributed by atoms with Gasteiger partial charge in [0.25, 0.3) is 0 Å². The molecule has 17 heavy (non-hydrogen) atoms. The van der Waals surface area contributed by atoms with Crippen LogP contribution in [0.1, 0.15) is 18.9 Å². The van der Waals surface area contributed by atoms with E-state index < -0.39 is 17.9 Å². The monoisotopic (exact) mass is 236 g/mol. The van der Waals surface area contributed by atoms with E-state index in [-0.39, 0.29) is 6.61 Å². The largest absolute Gasteiger partial charge is 0.509 e. The van der Waals surface area contributed by atoms with Crippen LogP contribution in [0.2, 0.25) is 0 Å². The first-order chi connectivity index (χ1) is 8.14. The summed E-state index contributed by atoms with van der Waals surface area (Å²) in [7, 11) is 0. The Morgan fingerprint density at radius 1 is 1.35 bits per heavy atom. The highest BCUT2D eigenvalue weighted by molar-refractivity contribution is 5.63. The van der Waals surface area contributed by atoms with Crippen LogP contribution in [0.15, 0.2) is 30.3 Å². The third-order valence-electron chi connectivity index (χ3n) is 3.15. The van der Waals surface area contributed by atoms with E-state index in [2.05, 4.69) is 0 Å². The van der Waals surface area contributed by atoms with Gasteiger partial charge in [-0.05, 0) is 25.3 Å². The van der Waals surface area contributed by atoms with Gasteiger partial charge in [0.1, 0.15) is 0 Å². The van der Waals surface area contributed by atoms with Crippen molar-refractivity contribution in [2.45, 2.75) is 31.5 Å². The molecule has 1 heterocycles. The number of rotatable bonds is 4. The van der Waals surface area contributed by atoms with E-state index in [1.807, 2.05) is 30.3 Å². The van der Waals surface area contributed by atoms with Crippen LogP contribution >= 0.6 is 0 Å². The van der Waals surface area contributed by atoms with Crippen LogP contribution in [0.3, 0.4) is 0 Å². The minimum absolute atomic E-state index is 0.211. The first-order valence-corrected chi connectivity index (χ1v) is 5.68. The number of benzene rings is 1. The van der Waals surface area contributed by atoms with Crippen LogP contribution < -0.4 is 0 Å². The van der Waals surface area contributed by atoms with E-state index >= 15 is 0 Å². The fourth-order valence-electron chi connectivity index (χ4n) is 2.00. The van der Waals surface area contributed by atoms with Crippen LogP contribution in [-0.2, 0) is 15.9 Å². The van der Waals surface area contributed by atoms with Gasteiger partial charge in [0.2, 0.25) is 0 Å². The molecule has 2 unspecified atom stereocenters. The fourth-order valence-corrected chi connectivity index (χ4v) is 2.00. The second-order valence-electron chi connectivity index (χ2n) is 4.44. The van der Waals surface area contributed by atoms with Crippen molar-refractivity contribution in [2.24, 2.45) is 0 Å². The summed E-state index contributed by atoms with van der Waals surface area (Å²) in [6.07, 6.45) is 0.150. The summed E-state index contributed by atoms with van der Waals surface area (Å²) in [5.41, 5.74) is 0.440. The quantitative estimate of drug-likeness (QED) is 0.811. The van der Waals surface area contributed by atoms with Crippen molar-refractivity contribution < 1.29 is 19.4 Å². The van der Waals surface area contributed by atoms with Gasteiger partial charge in [0.05, 0.1) is 6.61 Å². The van der Waals surface area contributed by atoms with E-state index in [0.29, 0.717) is 6.42 Å². The number of aliphatic hydroxyl groups excluding tert-OH is 1. The minimum atomic E-state index is -0.734. The molecule has 0 aromatic heterocycles. The maximum Gasteiger partial charge on any atom is 0.509 e. The molecule has 4 heteroatoms. The fraction of sp³-hybridized carbons (Fsp3) is 0.462. The minimum Gasteiger partial charge on any atom is -0.424 e. The topological polar surface area (TPSA) is 55.8 Å². The first-order valence-electron chi connectivity index (χ1n) is 5.68. The summed E-state index contributed by atoms with van der Waals surface area (Å²) in [6, 6.07) is 9.95. The van der Waals surface area contributed by atoms with E-state index in [0.717, 1.165) is 6.42 Å². The molecular formula is C13H16O4. The van der Waals surface area contributed by atoms with Crippen molar-refractivity contribution in [3.05, 3.63) is 35.9 Å². The number of ether oxygens (including phenoxy) is 2. The van der Waals surface area contributed by atoms with Crippen molar-refractivity contribution in [1.29, 1.82) is 0 Å². The highest BCUT2D eigenvalue weighted by Gasteiger charge is 2.46. The second-order valence-corrected chi connectivity index (χ2v) is 4.44. The zero-order chi connectivity index (χ0) is 12.3. The second kappa shape index (κ2) is 4.75. The Labute approximate surface area is 100 Å². The average Bonchev–Trinajstić information content (AvgIpc) is 2.63. The van der Waals surface area contributed by atoms with Crippen LogP contribution in [0, 0.1) is 0 Å². The smallest absolute Gasteiger partial charge is 0.424 e. The zero-order valence-electron chi connectivity index (χ0n) is 9.76. The number of aryl methyl sites for hydroxylation is 1. The standard InChI is InChI=1S/C13H16O4/c1-13(11(9-14)16-12(15)17-13)8-7-10-5-3-2-4-6-10/h2-6,11,14H,7-9H2,1H3. The van der Waals surface area contributed by atoms with E-state index in [9.17, 15) is 4.79 Å². The highest BCUT2D eigenvalue weighted by Crippen LogP contribution is 2.31. The predicted octanol–water partition coefficient (Wildman–Crippen LogP) is 1.91. The Hall–Kier alpha value is -1.55. The number of hydrogen-bond acceptors (Lipinski definition) is 4. The van der Waals surface area contributed by atoms with Gasteiger partial charge in [-0.1, -0.05) is 30.3 Å². The molecule has 92 valence electrons. The van der Waals surface area contributed by atoms with Crippen molar-refractivity contribution in [3.8, 4) is 0 Å². The lowest BCUT2D eigenvalue weighted by atomic mass is 9.92. The van der Waals surface area contributed by atoms with Gasteiger partial charge in [-0.15, -0.1) is 0 Å². The molecular weight excluding hydrogens is 220 g/mol. The molecule has 0 aliphatic carbocycles. The number of aliphatic hydroxyl groups is 1. The zero-order valence-corrected chi connectivity index (χ0v) is 9.76. The molecule has 1 aliphatic heterocycles. The third-order valence-corrected chi connectivity index (χ3v) is 3.15. The summed E-state index contributed by atoms with van der Waals surface area (Å²) in [4.78, 5) is 11.1. The summed E-state index contributed by atoms with van der Waals surface area (Å²) in [5, 5.41) is 9.16. The Kier molecular flexibility index (Phi) is 3.33. The SMILES string of the molecule is CC1(CCc2ccccc2)OC(=O)OC1CO. The van der Waals surface area contributed by atoms with E-state index in [1.165, 1.54) is 5.56 Å². The Balaban J connectivity index is 2.00. The van der Waals surface area contributed by atoms with Crippen LogP contribution in [-0.4, -0.2) is 29.6 Å². The highest BCUT2D eigenvalue weighted by atomic mass is 16.8. The molecule has 2 atom stereocenters. The Morgan fingerprint density at radius 3 is 2.71 bits per heavy atom. The van der Waals surface area contributed by atoms with Crippen molar-refractivity contribution in [1.82, 2.24) is 0 Å². The van der Waals surface area contributed by atoms with Gasteiger partial charge >= 0.3 is 6.16 Å². The molecule has 1 saturated heterocycles. The average molecular weight is 236 g/mol. The Bertz CT molecular complexity index is 390. The molecule has 0 amide bonds. The van der Waals surface area contributed by atoms with Gasteiger partial charge in [-0.2, -0.15) is 0 Å². The van der Waals surface area contributed by atoms with Gasteiger partial charge in [-0.25, -0.2) is 4.79 Å². The molecule has 1 N–H and O–H groups in total. The third kappa shape index (κ3) is 2.58. The number of carbonyl (C=O) groups is 1. The molecule has 4 nitrogen and oxygen atoms in total. The maximum absolute atomic E-state index is 11.1. The summed E-state index contributed by atoms with van der Waals surface area (Å²) in [5.74, 6) is 0. The predicted molar refractivity (Wildman–Crippen MR) is 61.6 cm³/mol. The molecule has 1 aromatic carbocycles. The Morgan fingerprint density at radius 2 is 2.06 bits per heavy atom. The van der Waals surface area contributed by atoms with Crippen LogP contribution in [0.4, 0.5) is 4.79 Å². The van der Waals surface area contributed by atoms with Gasteiger partial charge < -0.3 is 14.6 Å². The van der Waals surface area contributed by atoms with Gasteiger partial charge in [0.15, 0.2) is 11.7 Å². The van der Waals surface area contributed by atoms with Crippen LogP contribution in [0.25, 0.3) is 0 Å². The lowest BCUT2D eigenvalue weighted by molar-refractivity contribution is 0.0114. The van der Waals surface area contributed by atoms with Crippen molar-refractivity contribution >= 4 is 6.16 Å². The first kappa shape index (κ1) is 11.9. The van der Waals surface area contributed by atoms with Crippen molar-refractivity contribution in [3.63, 3.8) is 0 Å². The van der Waals surface area contributed by atoms with Gasteiger partial charge in [0, 0.05) is 0 Å². The number of hydrogen-bond donors (Lipinski definition) is 1. The molecule has 0 saturated carbocycles. The molecule has 1 aromatic rings. The van der Waals surface area contributed by atoms with Crippen LogP contribution in [0.5, 0.6) is 0 Å². The molecule has 1 fully saturated rings. The van der Waals surface area contributed by atoms with E-state index in [4.69, 9.17) is 14.6 Å². The number of cyclic esters (lactones) is 2. The molecule has 0 radical (unpaired) electrons. The lowest BCUT2D eigenvalue weighted by Crippen LogP contribution is -2.39.